The molecule has 0 bridgehead atoms. The van der Waals surface area contributed by atoms with E-state index in [1.165, 1.54) is 18.7 Å². The number of hydrogen-bond acceptors (Lipinski definition) is 4. The van der Waals surface area contributed by atoms with E-state index in [9.17, 15) is 9.59 Å². The van der Waals surface area contributed by atoms with E-state index in [1.807, 2.05) is 13.8 Å². The first-order valence-electron chi connectivity index (χ1n) is 11.7. The smallest absolute Gasteiger partial charge is 0.247 e. The highest BCUT2D eigenvalue weighted by Crippen LogP contribution is 2.17. The van der Waals surface area contributed by atoms with E-state index in [0.717, 1.165) is 39.0 Å². The second-order valence-electron chi connectivity index (χ2n) is 10.5. The Morgan fingerprint density at radius 2 is 1.73 bits per heavy atom. The zero-order chi connectivity index (χ0) is 22.5. The molecule has 2 aliphatic heterocycles. The summed E-state index contributed by atoms with van der Waals surface area (Å²) in [7, 11) is 0. The average Bonchev–Trinajstić information content (AvgIpc) is 3.09. The van der Waals surface area contributed by atoms with E-state index >= 15 is 0 Å². The summed E-state index contributed by atoms with van der Waals surface area (Å²) in [5.74, 6) is 1.83. The SMILES string of the molecule is CC(C)C[C@@H](CN1CCC[N+]2=C1CCC2)NC(=O)C(C)(C)NC(=O)[C@@H](N)CC(C)C. The van der Waals surface area contributed by atoms with Crippen molar-refractivity contribution < 1.29 is 14.2 Å². The third-order valence-corrected chi connectivity index (χ3v) is 6.01. The maximum atomic E-state index is 13.1. The van der Waals surface area contributed by atoms with Gasteiger partial charge < -0.3 is 16.4 Å². The number of carbonyl (C=O) groups is 2. The number of nitrogens with zero attached hydrogens (tertiary/aromatic N) is 2. The Labute approximate surface area is 182 Å². The minimum Gasteiger partial charge on any atom is -0.347 e. The molecule has 0 unspecified atom stereocenters. The fourth-order valence-corrected chi connectivity index (χ4v) is 4.54. The standard InChI is InChI=1S/C23H43N5O2/c1-16(2)13-18(15-28-12-8-11-27-10-7-9-20(27)28)25-22(30)23(5,6)26-21(29)19(24)14-17(3)4/h16-19H,7-15,24H2,1-6H3,(H-,25,26,29,30)/p+1/t18-,19-/m0/s1. The van der Waals surface area contributed by atoms with Crippen LogP contribution in [0.4, 0.5) is 0 Å². The topological polar surface area (TPSA) is 90.5 Å². The number of amides is 2. The van der Waals surface area contributed by atoms with Gasteiger partial charge in [0, 0.05) is 6.42 Å². The van der Waals surface area contributed by atoms with Crippen molar-refractivity contribution in [2.75, 3.05) is 26.2 Å². The summed E-state index contributed by atoms with van der Waals surface area (Å²) >= 11 is 0. The monoisotopic (exact) mass is 422 g/mol. The van der Waals surface area contributed by atoms with Crippen LogP contribution in [0.3, 0.4) is 0 Å². The average molecular weight is 423 g/mol. The van der Waals surface area contributed by atoms with Crippen molar-refractivity contribution in [1.82, 2.24) is 15.5 Å². The molecule has 0 radical (unpaired) electrons. The number of nitrogens with two attached hydrogens (primary N) is 1. The van der Waals surface area contributed by atoms with Crippen LogP contribution in [0.1, 0.15) is 73.6 Å². The van der Waals surface area contributed by atoms with Crippen molar-refractivity contribution in [2.45, 2.75) is 91.3 Å². The molecule has 2 heterocycles. The highest BCUT2D eigenvalue weighted by Gasteiger charge is 2.36. The van der Waals surface area contributed by atoms with Crippen LogP contribution in [0.25, 0.3) is 0 Å². The summed E-state index contributed by atoms with van der Waals surface area (Å²) in [4.78, 5) is 28.0. The van der Waals surface area contributed by atoms with E-state index in [0.29, 0.717) is 18.3 Å². The Kier molecular flexibility index (Phi) is 8.71. The fraction of sp³-hybridized carbons (Fsp3) is 0.870. The summed E-state index contributed by atoms with van der Waals surface area (Å²) in [5, 5.41) is 6.09. The van der Waals surface area contributed by atoms with Crippen molar-refractivity contribution in [3.63, 3.8) is 0 Å². The van der Waals surface area contributed by atoms with Crippen LogP contribution in [0.2, 0.25) is 0 Å². The molecule has 0 saturated carbocycles. The first-order chi connectivity index (χ1) is 14.0. The van der Waals surface area contributed by atoms with Gasteiger partial charge >= 0.3 is 0 Å². The van der Waals surface area contributed by atoms with E-state index in [-0.39, 0.29) is 17.9 Å². The summed E-state index contributed by atoms with van der Waals surface area (Å²) in [6.45, 7) is 16.1. The van der Waals surface area contributed by atoms with Crippen LogP contribution in [-0.2, 0) is 9.59 Å². The van der Waals surface area contributed by atoms with Crippen LogP contribution in [-0.4, -0.2) is 70.9 Å². The molecule has 0 aromatic heterocycles. The Bertz CT molecular complexity index is 642. The van der Waals surface area contributed by atoms with Gasteiger partial charge in [0.25, 0.3) is 0 Å². The number of amidine groups is 1. The van der Waals surface area contributed by atoms with E-state index in [2.05, 4.69) is 34.0 Å². The molecule has 2 amide bonds. The molecule has 7 heteroatoms. The van der Waals surface area contributed by atoms with Crippen molar-refractivity contribution >= 4 is 17.6 Å². The minimum absolute atomic E-state index is 0.0473. The molecule has 0 fully saturated rings. The second-order valence-corrected chi connectivity index (χ2v) is 10.5. The molecule has 30 heavy (non-hydrogen) atoms. The normalized spacial score (nSPS) is 19.2. The van der Waals surface area contributed by atoms with Crippen molar-refractivity contribution in [3.05, 3.63) is 0 Å². The predicted molar refractivity (Wildman–Crippen MR) is 121 cm³/mol. The fourth-order valence-electron chi connectivity index (χ4n) is 4.54. The molecule has 2 atom stereocenters. The van der Waals surface area contributed by atoms with Crippen LogP contribution >= 0.6 is 0 Å². The zero-order valence-corrected chi connectivity index (χ0v) is 20.0. The van der Waals surface area contributed by atoms with Gasteiger partial charge in [0.2, 0.25) is 17.6 Å². The number of rotatable bonds is 10. The molecule has 7 nitrogen and oxygen atoms in total. The molecule has 172 valence electrons. The van der Waals surface area contributed by atoms with Crippen LogP contribution < -0.4 is 16.4 Å². The molecular weight excluding hydrogens is 378 g/mol. The van der Waals surface area contributed by atoms with Gasteiger partial charge in [-0.05, 0) is 44.9 Å². The van der Waals surface area contributed by atoms with Crippen LogP contribution in [0, 0.1) is 11.8 Å². The summed E-state index contributed by atoms with van der Waals surface area (Å²) in [6, 6.07) is -0.548. The number of hydrogen-bond donors (Lipinski definition) is 3. The van der Waals surface area contributed by atoms with Crippen LogP contribution in [0.5, 0.6) is 0 Å². The first-order valence-corrected chi connectivity index (χ1v) is 11.7. The van der Waals surface area contributed by atoms with Crippen molar-refractivity contribution in [3.8, 4) is 0 Å². The van der Waals surface area contributed by atoms with Gasteiger partial charge in [-0.25, -0.2) is 0 Å². The van der Waals surface area contributed by atoms with Gasteiger partial charge in [0.1, 0.15) is 12.1 Å². The Hall–Kier alpha value is -1.63. The van der Waals surface area contributed by atoms with Gasteiger partial charge in [0.15, 0.2) is 0 Å². The molecule has 2 aliphatic rings. The second kappa shape index (κ2) is 10.6. The lowest BCUT2D eigenvalue weighted by Gasteiger charge is -2.32. The summed E-state index contributed by atoms with van der Waals surface area (Å²) in [5.41, 5.74) is 5.00. The summed E-state index contributed by atoms with van der Waals surface area (Å²) in [6.07, 6.45) is 5.04. The van der Waals surface area contributed by atoms with Gasteiger partial charge in [-0.1, -0.05) is 27.7 Å². The third-order valence-electron chi connectivity index (χ3n) is 6.01. The highest BCUT2D eigenvalue weighted by molar-refractivity contribution is 5.92. The largest absolute Gasteiger partial charge is 0.347 e. The quantitative estimate of drug-likeness (QED) is 0.467. The molecule has 0 saturated heterocycles. The van der Waals surface area contributed by atoms with Gasteiger partial charge in [-0.3, -0.25) is 19.1 Å². The van der Waals surface area contributed by atoms with Crippen molar-refractivity contribution in [2.24, 2.45) is 17.6 Å². The highest BCUT2D eigenvalue weighted by atomic mass is 16.2. The molecule has 0 aliphatic carbocycles. The van der Waals surface area contributed by atoms with Gasteiger partial charge in [0.05, 0.1) is 38.1 Å². The molecular formula is C23H44N5O2+. The molecule has 2 rings (SSSR count). The van der Waals surface area contributed by atoms with E-state index < -0.39 is 11.6 Å². The summed E-state index contributed by atoms with van der Waals surface area (Å²) < 4.78 is 2.50. The van der Waals surface area contributed by atoms with Gasteiger partial charge in [-0.2, -0.15) is 0 Å². The van der Waals surface area contributed by atoms with Crippen molar-refractivity contribution in [1.29, 1.82) is 0 Å². The third kappa shape index (κ3) is 6.96. The van der Waals surface area contributed by atoms with E-state index in [1.54, 1.807) is 13.8 Å². The zero-order valence-electron chi connectivity index (χ0n) is 20.0. The molecule has 0 aromatic rings. The Morgan fingerprint density at radius 3 is 2.37 bits per heavy atom. The van der Waals surface area contributed by atoms with Gasteiger partial charge in [-0.15, -0.1) is 0 Å². The Balaban J connectivity index is 2.01. The maximum Gasteiger partial charge on any atom is 0.247 e. The minimum atomic E-state index is -1.00. The molecule has 0 spiro atoms. The number of carbonyl (C=O) groups excluding carboxylic acids is 2. The predicted octanol–water partition coefficient (Wildman–Crippen LogP) is 1.70. The number of nitrogens with one attached hydrogen (secondary N) is 2. The molecule has 0 aromatic carbocycles. The lowest BCUT2D eigenvalue weighted by atomic mass is 9.98. The lowest BCUT2D eigenvalue weighted by Crippen LogP contribution is -2.61. The lowest BCUT2D eigenvalue weighted by molar-refractivity contribution is -0.530. The van der Waals surface area contributed by atoms with Crippen LogP contribution in [0.15, 0.2) is 0 Å². The first kappa shape index (κ1) is 24.6. The van der Waals surface area contributed by atoms with E-state index in [4.69, 9.17) is 5.73 Å². The Morgan fingerprint density at radius 1 is 1.10 bits per heavy atom. The maximum absolute atomic E-state index is 13.1. The molecule has 4 N–H and O–H groups in total.